The number of carbonyl (C=O) groups is 2. The lowest BCUT2D eigenvalue weighted by Crippen LogP contribution is -2.14. The molecule has 1 aromatic carbocycles. The molecule has 0 amide bonds. The summed E-state index contributed by atoms with van der Waals surface area (Å²) in [6, 6.07) is 3.64. The number of nitrogens with zero attached hydrogens (tertiary/aromatic N) is 1. The number of aliphatic carboxylic acids is 1. The molecule has 0 bridgehead atoms. The fourth-order valence-electron chi connectivity index (χ4n) is 1.80. The summed E-state index contributed by atoms with van der Waals surface area (Å²) >= 11 is 3.61. The zero-order valence-corrected chi connectivity index (χ0v) is 11.4. The molecule has 0 saturated carbocycles. The third-order valence-corrected chi connectivity index (χ3v) is 3.18. The highest BCUT2D eigenvalue weighted by Gasteiger charge is 2.27. The molecule has 0 radical (unpaired) electrons. The maximum Gasteiger partial charge on any atom is 0.316 e. The summed E-state index contributed by atoms with van der Waals surface area (Å²) in [5.74, 6) is -2.21. The van der Waals surface area contributed by atoms with Gasteiger partial charge in [-0.15, -0.1) is 12.6 Å². The van der Waals surface area contributed by atoms with Crippen LogP contribution in [0, 0.1) is 13.8 Å². The van der Waals surface area contributed by atoms with Crippen molar-refractivity contribution in [2.24, 2.45) is 0 Å². The quantitative estimate of drug-likeness (QED) is 0.840. The van der Waals surface area contributed by atoms with Crippen LogP contribution in [0.2, 0.25) is 0 Å². The van der Waals surface area contributed by atoms with Crippen molar-refractivity contribution in [1.82, 2.24) is 4.98 Å². The molecule has 1 aromatic heterocycles. The monoisotopic (exact) mass is 279 g/mol. The number of aromatic nitrogens is 1. The van der Waals surface area contributed by atoms with E-state index in [0.717, 1.165) is 11.1 Å². The number of fused-ring (bicyclic) bond motifs is 1. The Kier molecular flexibility index (Phi) is 3.61. The Hall–Kier alpha value is -1.82. The van der Waals surface area contributed by atoms with Gasteiger partial charge in [-0.25, -0.2) is 4.98 Å². The largest absolute Gasteiger partial charge is 0.481 e. The van der Waals surface area contributed by atoms with Crippen LogP contribution in [0.25, 0.3) is 11.1 Å². The standard InChI is InChI=1S/C13H13NO4S/c1-6-3-9-10(4-7(6)2)18-12(14-9)8(13(16)17)5-11(15)19/h3-4,8H,5H2,1-2H3,(H,15,19)(H,16,17). The van der Waals surface area contributed by atoms with E-state index in [-0.39, 0.29) is 12.3 Å². The van der Waals surface area contributed by atoms with Crippen LogP contribution in [0.15, 0.2) is 16.5 Å². The van der Waals surface area contributed by atoms with E-state index in [1.807, 2.05) is 26.0 Å². The van der Waals surface area contributed by atoms with Gasteiger partial charge in [0.25, 0.3) is 0 Å². The highest BCUT2D eigenvalue weighted by molar-refractivity contribution is 7.96. The van der Waals surface area contributed by atoms with Crippen LogP contribution >= 0.6 is 12.6 Å². The van der Waals surface area contributed by atoms with E-state index in [4.69, 9.17) is 9.52 Å². The number of oxazole rings is 1. The van der Waals surface area contributed by atoms with Crippen LogP contribution in [0.4, 0.5) is 0 Å². The highest BCUT2D eigenvalue weighted by Crippen LogP contribution is 2.26. The number of thiol groups is 1. The third kappa shape index (κ3) is 2.78. The van der Waals surface area contributed by atoms with Crippen molar-refractivity contribution in [3.05, 3.63) is 29.2 Å². The van der Waals surface area contributed by atoms with Gasteiger partial charge in [0.15, 0.2) is 10.7 Å². The summed E-state index contributed by atoms with van der Waals surface area (Å²) in [7, 11) is 0. The van der Waals surface area contributed by atoms with Gasteiger partial charge in [-0.1, -0.05) is 0 Å². The maximum absolute atomic E-state index is 11.2. The van der Waals surface area contributed by atoms with Gasteiger partial charge in [-0.05, 0) is 37.1 Å². The molecule has 0 saturated heterocycles. The lowest BCUT2D eigenvalue weighted by atomic mass is 10.1. The van der Waals surface area contributed by atoms with Crippen LogP contribution in [0.1, 0.15) is 29.4 Å². The molecule has 2 aromatic rings. The molecule has 100 valence electrons. The molecule has 1 N–H and O–H groups in total. The summed E-state index contributed by atoms with van der Waals surface area (Å²) in [6.45, 7) is 3.87. The molecule has 6 heteroatoms. The average Bonchev–Trinajstić information content (AvgIpc) is 2.68. The highest BCUT2D eigenvalue weighted by atomic mass is 32.1. The minimum atomic E-state index is -1.15. The van der Waals surface area contributed by atoms with Crippen LogP contribution < -0.4 is 0 Å². The van der Waals surface area contributed by atoms with E-state index < -0.39 is 17.0 Å². The summed E-state index contributed by atoms with van der Waals surface area (Å²) in [4.78, 5) is 26.3. The molecule has 0 fully saturated rings. The number of hydrogen-bond acceptors (Lipinski definition) is 4. The van der Waals surface area contributed by atoms with Crippen molar-refractivity contribution in [3.63, 3.8) is 0 Å². The SMILES string of the molecule is Cc1cc2nc(C(CC(=O)S)C(=O)O)oc2cc1C. The number of benzene rings is 1. The zero-order chi connectivity index (χ0) is 14.2. The number of carboxylic acid groups (broad SMARTS) is 1. The third-order valence-electron chi connectivity index (χ3n) is 3.00. The molecule has 1 unspecified atom stereocenters. The number of hydrogen-bond donors (Lipinski definition) is 2. The molecule has 0 spiro atoms. The Morgan fingerprint density at radius 1 is 1.37 bits per heavy atom. The number of carbonyl (C=O) groups excluding carboxylic acids is 1. The first-order valence-electron chi connectivity index (χ1n) is 5.70. The molecular formula is C13H13NO4S. The normalized spacial score (nSPS) is 12.6. The van der Waals surface area contributed by atoms with Crippen LogP contribution in [-0.2, 0) is 9.59 Å². The van der Waals surface area contributed by atoms with Crippen molar-refractivity contribution in [3.8, 4) is 0 Å². The van der Waals surface area contributed by atoms with E-state index in [0.29, 0.717) is 11.1 Å². The molecular weight excluding hydrogens is 266 g/mol. The van der Waals surface area contributed by atoms with Crippen LogP contribution in [0.3, 0.4) is 0 Å². The second kappa shape index (κ2) is 5.05. The predicted octanol–water partition coefficient (Wildman–Crippen LogP) is 2.46. The minimum Gasteiger partial charge on any atom is -0.481 e. The van der Waals surface area contributed by atoms with Gasteiger partial charge >= 0.3 is 5.97 Å². The Bertz CT molecular complexity index is 623. The van der Waals surface area contributed by atoms with Gasteiger partial charge in [0.1, 0.15) is 11.4 Å². The zero-order valence-electron chi connectivity index (χ0n) is 10.5. The fraction of sp³-hybridized carbons (Fsp3) is 0.308. The predicted molar refractivity (Wildman–Crippen MR) is 72.5 cm³/mol. The van der Waals surface area contributed by atoms with Gasteiger partial charge < -0.3 is 9.52 Å². The van der Waals surface area contributed by atoms with Gasteiger partial charge in [-0.3, -0.25) is 9.59 Å². The van der Waals surface area contributed by atoms with Crippen LogP contribution in [-0.4, -0.2) is 21.2 Å². The summed E-state index contributed by atoms with van der Waals surface area (Å²) in [5, 5.41) is 8.61. The van der Waals surface area contributed by atoms with E-state index in [2.05, 4.69) is 17.6 Å². The second-order valence-corrected chi connectivity index (χ2v) is 4.94. The van der Waals surface area contributed by atoms with Gasteiger partial charge in [0, 0.05) is 6.42 Å². The molecule has 5 nitrogen and oxygen atoms in total. The van der Waals surface area contributed by atoms with Crippen molar-refractivity contribution in [1.29, 1.82) is 0 Å². The second-order valence-electron chi connectivity index (χ2n) is 4.44. The van der Waals surface area contributed by atoms with Gasteiger partial charge in [-0.2, -0.15) is 0 Å². The Morgan fingerprint density at radius 3 is 2.58 bits per heavy atom. The smallest absolute Gasteiger partial charge is 0.316 e. The lowest BCUT2D eigenvalue weighted by Gasteiger charge is -2.04. The molecule has 0 aliphatic heterocycles. The first kappa shape index (κ1) is 13.6. The average molecular weight is 279 g/mol. The summed E-state index contributed by atoms with van der Waals surface area (Å²) in [6.07, 6.45) is -0.247. The van der Waals surface area contributed by atoms with Crippen LogP contribution in [0.5, 0.6) is 0 Å². The van der Waals surface area contributed by atoms with Crippen molar-refractivity contribution in [2.75, 3.05) is 0 Å². The molecule has 19 heavy (non-hydrogen) atoms. The van der Waals surface area contributed by atoms with Gasteiger partial charge in [0.05, 0.1) is 0 Å². The number of rotatable bonds is 4. The maximum atomic E-state index is 11.2. The summed E-state index contributed by atoms with van der Waals surface area (Å²) in [5.41, 5.74) is 3.20. The number of carboxylic acids is 1. The van der Waals surface area contributed by atoms with Crippen molar-refractivity contribution < 1.29 is 19.1 Å². The van der Waals surface area contributed by atoms with Gasteiger partial charge in [0.2, 0.25) is 5.89 Å². The van der Waals surface area contributed by atoms with E-state index in [1.54, 1.807) is 0 Å². The molecule has 0 aliphatic rings. The molecule has 1 heterocycles. The Morgan fingerprint density at radius 2 is 2.00 bits per heavy atom. The Labute approximate surface area is 115 Å². The number of aryl methyl sites for hydroxylation is 2. The van der Waals surface area contributed by atoms with E-state index in [1.165, 1.54) is 0 Å². The van der Waals surface area contributed by atoms with E-state index >= 15 is 0 Å². The van der Waals surface area contributed by atoms with Crippen molar-refractivity contribution >= 4 is 34.8 Å². The first-order chi connectivity index (χ1) is 8.88. The Balaban J connectivity index is 2.49. The lowest BCUT2D eigenvalue weighted by molar-refractivity contribution is -0.140. The van der Waals surface area contributed by atoms with E-state index in [9.17, 15) is 9.59 Å². The fourth-order valence-corrected chi connectivity index (χ4v) is 1.98. The van der Waals surface area contributed by atoms with Crippen molar-refractivity contribution in [2.45, 2.75) is 26.2 Å². The first-order valence-corrected chi connectivity index (χ1v) is 6.15. The molecule has 0 aliphatic carbocycles. The molecule has 1 atom stereocenters. The summed E-state index contributed by atoms with van der Waals surface area (Å²) < 4.78 is 5.45. The minimum absolute atomic E-state index is 0.0369. The molecule has 2 rings (SSSR count). The topological polar surface area (TPSA) is 80.4 Å².